The summed E-state index contributed by atoms with van der Waals surface area (Å²) in [6.07, 6.45) is 2.93. The fourth-order valence-corrected chi connectivity index (χ4v) is 4.99. The van der Waals surface area contributed by atoms with Gasteiger partial charge in [-0.3, -0.25) is 4.79 Å². The zero-order valence-corrected chi connectivity index (χ0v) is 15.8. The normalized spacial score (nSPS) is 12.7. The number of thioether (sulfide) groups is 1. The third kappa shape index (κ3) is 4.44. The number of rotatable bonds is 7. The van der Waals surface area contributed by atoms with E-state index in [0.29, 0.717) is 22.9 Å². The van der Waals surface area contributed by atoms with Gasteiger partial charge in [0.1, 0.15) is 5.00 Å². The van der Waals surface area contributed by atoms with Crippen LogP contribution in [0.15, 0.2) is 30.3 Å². The molecule has 1 aromatic heterocycles. The number of anilines is 1. The lowest BCUT2D eigenvalue weighted by Gasteiger charge is -2.08. The van der Waals surface area contributed by atoms with Gasteiger partial charge in [0, 0.05) is 10.6 Å². The number of hydrogen-bond acceptors (Lipinski definition) is 5. The van der Waals surface area contributed by atoms with Gasteiger partial charge in [0.2, 0.25) is 5.91 Å². The van der Waals surface area contributed by atoms with Gasteiger partial charge in [-0.2, -0.15) is 0 Å². The van der Waals surface area contributed by atoms with E-state index in [-0.39, 0.29) is 11.9 Å². The zero-order valence-electron chi connectivity index (χ0n) is 14.2. The number of amides is 1. The molecule has 1 aliphatic carbocycles. The fourth-order valence-electron chi connectivity index (χ4n) is 2.91. The topological polar surface area (TPSA) is 55.4 Å². The van der Waals surface area contributed by atoms with Gasteiger partial charge in [0.15, 0.2) is 0 Å². The molecular formula is C19H21NO3S2. The summed E-state index contributed by atoms with van der Waals surface area (Å²) >= 11 is 3.08. The number of hydrogen-bond donors (Lipinski definition) is 1. The standard InChI is InChI=1S/C19H21NO3S2/c1-2-23-19(22)17-14-9-6-10-15(14)25-18(17)20-16(21)12-24-11-13-7-4-3-5-8-13/h3-5,7-8H,2,6,9-12H2,1H3,(H,20,21). The average Bonchev–Trinajstić information content (AvgIpc) is 3.16. The maximum Gasteiger partial charge on any atom is 0.341 e. The van der Waals surface area contributed by atoms with Gasteiger partial charge < -0.3 is 10.1 Å². The predicted octanol–water partition coefficient (Wildman–Crippen LogP) is 4.29. The quantitative estimate of drug-likeness (QED) is 0.734. The van der Waals surface area contributed by atoms with Crippen LogP contribution in [0.1, 0.15) is 39.7 Å². The van der Waals surface area contributed by atoms with E-state index in [2.05, 4.69) is 5.32 Å². The Kier molecular flexibility index (Phi) is 6.15. The highest BCUT2D eigenvalue weighted by molar-refractivity contribution is 7.99. The van der Waals surface area contributed by atoms with Crippen molar-refractivity contribution in [3.05, 3.63) is 51.9 Å². The van der Waals surface area contributed by atoms with E-state index in [0.717, 1.165) is 30.6 Å². The van der Waals surface area contributed by atoms with Crippen molar-refractivity contribution in [2.45, 2.75) is 31.9 Å². The Balaban J connectivity index is 1.62. The van der Waals surface area contributed by atoms with Crippen LogP contribution < -0.4 is 5.32 Å². The highest BCUT2D eigenvalue weighted by Crippen LogP contribution is 2.39. The van der Waals surface area contributed by atoms with Crippen LogP contribution in [0.4, 0.5) is 5.00 Å². The van der Waals surface area contributed by atoms with Gasteiger partial charge >= 0.3 is 5.97 Å². The van der Waals surface area contributed by atoms with E-state index in [1.165, 1.54) is 21.8 Å². The molecule has 3 rings (SSSR count). The molecule has 0 bridgehead atoms. The van der Waals surface area contributed by atoms with Crippen LogP contribution in [0.3, 0.4) is 0 Å². The zero-order chi connectivity index (χ0) is 17.6. The monoisotopic (exact) mass is 375 g/mol. The number of fused-ring (bicyclic) bond motifs is 1. The molecular weight excluding hydrogens is 354 g/mol. The smallest absolute Gasteiger partial charge is 0.341 e. The van der Waals surface area contributed by atoms with Crippen LogP contribution >= 0.6 is 23.1 Å². The molecule has 0 fully saturated rings. The molecule has 0 aliphatic heterocycles. The summed E-state index contributed by atoms with van der Waals surface area (Å²) in [6.45, 7) is 2.13. The lowest BCUT2D eigenvalue weighted by atomic mass is 10.1. The SMILES string of the molecule is CCOC(=O)c1c(NC(=O)CSCc2ccccc2)sc2c1CCC2. The molecule has 25 heavy (non-hydrogen) atoms. The molecule has 0 saturated heterocycles. The molecule has 1 amide bonds. The van der Waals surface area contributed by atoms with E-state index in [1.54, 1.807) is 18.7 Å². The first-order valence-electron chi connectivity index (χ1n) is 8.42. The fraction of sp³-hybridized carbons (Fsp3) is 0.368. The van der Waals surface area contributed by atoms with E-state index in [9.17, 15) is 9.59 Å². The molecule has 2 aromatic rings. The van der Waals surface area contributed by atoms with E-state index >= 15 is 0 Å². The minimum Gasteiger partial charge on any atom is -0.462 e. The minimum absolute atomic E-state index is 0.0774. The number of carbonyl (C=O) groups excluding carboxylic acids is 2. The van der Waals surface area contributed by atoms with Crippen LogP contribution in [0.2, 0.25) is 0 Å². The molecule has 0 unspecified atom stereocenters. The van der Waals surface area contributed by atoms with Crippen molar-refractivity contribution < 1.29 is 14.3 Å². The summed E-state index contributed by atoms with van der Waals surface area (Å²) in [5, 5.41) is 3.57. The number of benzene rings is 1. The Labute approximate surface area is 156 Å². The number of ether oxygens (including phenoxy) is 1. The highest BCUT2D eigenvalue weighted by Gasteiger charge is 2.28. The molecule has 4 nitrogen and oxygen atoms in total. The number of esters is 1. The Hall–Kier alpha value is -1.79. The van der Waals surface area contributed by atoms with Crippen LogP contribution in [0.25, 0.3) is 0 Å². The predicted molar refractivity (Wildman–Crippen MR) is 104 cm³/mol. The Bertz CT molecular complexity index is 756. The van der Waals surface area contributed by atoms with Gasteiger partial charge in [-0.1, -0.05) is 30.3 Å². The van der Waals surface area contributed by atoms with Gasteiger partial charge in [-0.05, 0) is 37.3 Å². The van der Waals surface area contributed by atoms with Crippen molar-refractivity contribution in [2.75, 3.05) is 17.7 Å². The first kappa shape index (κ1) is 18.0. The Morgan fingerprint density at radius 1 is 1.24 bits per heavy atom. The molecule has 0 radical (unpaired) electrons. The second-order valence-corrected chi connectivity index (χ2v) is 7.90. The average molecular weight is 376 g/mol. The molecule has 0 spiro atoms. The molecule has 6 heteroatoms. The van der Waals surface area contributed by atoms with Gasteiger partial charge in [-0.25, -0.2) is 4.79 Å². The number of thiophene rings is 1. The van der Waals surface area contributed by atoms with Crippen LogP contribution in [0.5, 0.6) is 0 Å². The third-order valence-corrected chi connectivity index (χ3v) is 6.21. The second-order valence-electron chi connectivity index (χ2n) is 5.81. The lowest BCUT2D eigenvalue weighted by Crippen LogP contribution is -2.16. The molecule has 1 N–H and O–H groups in total. The molecule has 0 saturated carbocycles. The summed E-state index contributed by atoms with van der Waals surface area (Å²) < 4.78 is 5.18. The van der Waals surface area contributed by atoms with Crippen molar-refractivity contribution >= 4 is 40.0 Å². The van der Waals surface area contributed by atoms with Crippen molar-refractivity contribution in [1.29, 1.82) is 0 Å². The molecule has 0 atom stereocenters. The number of carbonyl (C=O) groups is 2. The minimum atomic E-state index is -0.325. The third-order valence-electron chi connectivity index (χ3n) is 4.00. The van der Waals surface area contributed by atoms with Crippen LogP contribution in [-0.2, 0) is 28.1 Å². The first-order valence-corrected chi connectivity index (χ1v) is 10.4. The van der Waals surface area contributed by atoms with Gasteiger partial charge in [0.05, 0.1) is 17.9 Å². The second kappa shape index (κ2) is 8.54. The van der Waals surface area contributed by atoms with Crippen LogP contribution in [-0.4, -0.2) is 24.2 Å². The van der Waals surface area contributed by atoms with Crippen molar-refractivity contribution in [1.82, 2.24) is 0 Å². The molecule has 1 heterocycles. The van der Waals surface area contributed by atoms with Gasteiger partial charge in [-0.15, -0.1) is 23.1 Å². The maximum atomic E-state index is 12.3. The first-order chi connectivity index (χ1) is 12.2. The van der Waals surface area contributed by atoms with Gasteiger partial charge in [0.25, 0.3) is 0 Å². The Morgan fingerprint density at radius 2 is 2.04 bits per heavy atom. The highest BCUT2D eigenvalue weighted by atomic mass is 32.2. The largest absolute Gasteiger partial charge is 0.462 e. The van der Waals surface area contributed by atoms with Crippen molar-refractivity contribution in [3.8, 4) is 0 Å². The van der Waals surface area contributed by atoms with Crippen LogP contribution in [0, 0.1) is 0 Å². The molecule has 132 valence electrons. The van der Waals surface area contributed by atoms with Crippen molar-refractivity contribution in [3.63, 3.8) is 0 Å². The summed E-state index contributed by atoms with van der Waals surface area (Å²) in [6, 6.07) is 10.1. The van der Waals surface area contributed by atoms with E-state index < -0.39 is 0 Å². The maximum absolute atomic E-state index is 12.3. The molecule has 1 aromatic carbocycles. The van der Waals surface area contributed by atoms with Crippen molar-refractivity contribution in [2.24, 2.45) is 0 Å². The summed E-state index contributed by atoms with van der Waals surface area (Å²) in [7, 11) is 0. The Morgan fingerprint density at radius 3 is 2.80 bits per heavy atom. The summed E-state index contributed by atoms with van der Waals surface area (Å²) in [5.41, 5.74) is 2.83. The molecule has 1 aliphatic rings. The summed E-state index contributed by atoms with van der Waals surface area (Å²) in [5.74, 6) is 0.750. The number of aryl methyl sites for hydroxylation is 1. The van der Waals surface area contributed by atoms with E-state index in [4.69, 9.17) is 4.74 Å². The summed E-state index contributed by atoms with van der Waals surface area (Å²) in [4.78, 5) is 25.8. The van der Waals surface area contributed by atoms with E-state index in [1.807, 2.05) is 30.3 Å². The lowest BCUT2D eigenvalue weighted by molar-refractivity contribution is -0.113. The number of nitrogens with one attached hydrogen (secondary N) is 1.